The van der Waals surface area contributed by atoms with E-state index >= 15 is 0 Å². The molecule has 0 atom stereocenters. The monoisotopic (exact) mass is 471 g/mol. The van der Waals surface area contributed by atoms with Gasteiger partial charge in [-0.25, -0.2) is 8.42 Å². The maximum Gasteiger partial charge on any atom is 0.322 e. The van der Waals surface area contributed by atoms with Crippen molar-refractivity contribution >= 4 is 16.0 Å². The Labute approximate surface area is 200 Å². The maximum absolute atomic E-state index is 13.2. The fraction of sp³-hybridized carbons (Fsp3) is 0.107. The molecule has 4 aromatic carbocycles. The Kier molecular flexibility index (Phi) is 6.91. The third-order valence-corrected chi connectivity index (χ3v) is 6.96. The van der Waals surface area contributed by atoms with Gasteiger partial charge in [-0.05, 0) is 19.1 Å². The van der Waals surface area contributed by atoms with Gasteiger partial charge in [-0.3, -0.25) is 4.79 Å². The van der Waals surface area contributed by atoms with Crippen molar-refractivity contribution in [1.29, 1.82) is 0 Å². The lowest BCUT2D eigenvalue weighted by Gasteiger charge is -2.35. The van der Waals surface area contributed by atoms with Gasteiger partial charge in [-0.15, -0.1) is 0 Å². The number of esters is 1. The first-order chi connectivity index (χ1) is 16.4. The summed E-state index contributed by atoms with van der Waals surface area (Å²) >= 11 is 0. The van der Waals surface area contributed by atoms with Gasteiger partial charge in [0.25, 0.3) is 0 Å². The van der Waals surface area contributed by atoms with Crippen molar-refractivity contribution in [3.63, 3.8) is 0 Å². The molecule has 0 saturated heterocycles. The third-order valence-electron chi connectivity index (χ3n) is 5.55. The molecule has 6 heteroatoms. The van der Waals surface area contributed by atoms with Gasteiger partial charge >= 0.3 is 5.97 Å². The lowest BCUT2D eigenvalue weighted by molar-refractivity contribution is -0.152. The molecule has 0 saturated carbocycles. The van der Waals surface area contributed by atoms with Crippen LogP contribution in [0.1, 0.15) is 22.3 Å². The highest BCUT2D eigenvalue weighted by Gasteiger charge is 2.40. The van der Waals surface area contributed by atoms with Crippen molar-refractivity contribution in [3.8, 4) is 0 Å². The smallest absolute Gasteiger partial charge is 0.322 e. The van der Waals surface area contributed by atoms with E-state index in [9.17, 15) is 13.2 Å². The second-order valence-electron chi connectivity index (χ2n) is 7.89. The summed E-state index contributed by atoms with van der Waals surface area (Å²) in [5, 5.41) is 0. The minimum atomic E-state index is -3.87. The Morgan fingerprint density at radius 1 is 0.706 bits per heavy atom. The van der Waals surface area contributed by atoms with Crippen molar-refractivity contribution in [2.45, 2.75) is 17.4 Å². The quantitative estimate of drug-likeness (QED) is 0.296. The largest absolute Gasteiger partial charge is 0.443 e. The van der Waals surface area contributed by atoms with Crippen molar-refractivity contribution < 1.29 is 17.9 Å². The van der Waals surface area contributed by atoms with E-state index in [2.05, 4.69) is 4.72 Å². The molecule has 4 rings (SSSR count). The number of carbonyl (C=O) groups is 1. The molecule has 0 radical (unpaired) electrons. The van der Waals surface area contributed by atoms with Gasteiger partial charge < -0.3 is 4.74 Å². The summed E-state index contributed by atoms with van der Waals surface area (Å²) in [5.41, 5.74) is 1.94. The number of nitrogens with one attached hydrogen (secondary N) is 1. The molecule has 0 aliphatic carbocycles. The zero-order valence-corrected chi connectivity index (χ0v) is 19.5. The van der Waals surface area contributed by atoms with E-state index in [0.29, 0.717) is 0 Å². The molecule has 0 heterocycles. The molecule has 1 N–H and O–H groups in total. The molecule has 0 aliphatic rings. The van der Waals surface area contributed by atoms with E-state index in [1.807, 2.05) is 97.9 Å². The van der Waals surface area contributed by atoms with E-state index < -0.39 is 28.1 Å². The molecule has 4 aromatic rings. The number of aryl methyl sites for hydroxylation is 1. The molecular formula is C28H25NO4S. The van der Waals surface area contributed by atoms with Crippen LogP contribution >= 0.6 is 0 Å². The second-order valence-corrected chi connectivity index (χ2v) is 9.66. The minimum Gasteiger partial charge on any atom is -0.443 e. The average molecular weight is 472 g/mol. The summed E-state index contributed by atoms with van der Waals surface area (Å²) in [6, 6.07) is 34.7. The predicted molar refractivity (Wildman–Crippen MR) is 132 cm³/mol. The summed E-state index contributed by atoms with van der Waals surface area (Å²) in [7, 11) is -3.87. The van der Waals surface area contributed by atoms with E-state index in [1.54, 1.807) is 12.1 Å². The van der Waals surface area contributed by atoms with Gasteiger partial charge in [0.05, 0.1) is 4.90 Å². The van der Waals surface area contributed by atoms with E-state index in [1.165, 1.54) is 12.1 Å². The molecule has 34 heavy (non-hydrogen) atoms. The van der Waals surface area contributed by atoms with Gasteiger partial charge in [0.1, 0.15) is 6.54 Å². The first-order valence-electron chi connectivity index (χ1n) is 10.9. The molecule has 0 fully saturated rings. The SMILES string of the molecule is Cc1ccc(S(=O)(=O)NCC(=O)OC(c2ccccc2)(c2ccccc2)c2ccccc2)cc1. The van der Waals surface area contributed by atoms with Crippen LogP contribution in [-0.2, 0) is 25.2 Å². The summed E-state index contributed by atoms with van der Waals surface area (Å²) in [4.78, 5) is 13.3. The highest BCUT2D eigenvalue weighted by Crippen LogP contribution is 2.40. The van der Waals surface area contributed by atoms with E-state index in [4.69, 9.17) is 4.74 Å². The predicted octanol–water partition coefficient (Wildman–Crippen LogP) is 4.81. The van der Waals surface area contributed by atoms with Gasteiger partial charge in [-0.1, -0.05) is 109 Å². The summed E-state index contributed by atoms with van der Waals surface area (Å²) in [5.74, 6) is -0.702. The number of hydrogen-bond donors (Lipinski definition) is 1. The standard InChI is InChI=1S/C28H25NO4S/c1-22-17-19-26(20-18-22)34(31,32)29-21-27(30)33-28(23-11-5-2-6-12-23,24-13-7-3-8-14-24)25-15-9-4-10-16-25/h2-20,29H,21H2,1H3. The highest BCUT2D eigenvalue weighted by molar-refractivity contribution is 7.89. The molecule has 172 valence electrons. The number of rotatable bonds is 8. The van der Waals surface area contributed by atoms with Crippen LogP contribution < -0.4 is 4.72 Å². The third kappa shape index (κ3) is 4.93. The van der Waals surface area contributed by atoms with Gasteiger partial charge in [0, 0.05) is 16.7 Å². The molecule has 0 aliphatic heterocycles. The minimum absolute atomic E-state index is 0.0892. The van der Waals surface area contributed by atoms with Crippen LogP contribution in [0.25, 0.3) is 0 Å². The number of carbonyl (C=O) groups excluding carboxylic acids is 1. The molecule has 0 unspecified atom stereocenters. The molecule has 5 nitrogen and oxygen atoms in total. The van der Waals surface area contributed by atoms with E-state index in [0.717, 1.165) is 22.3 Å². The van der Waals surface area contributed by atoms with Crippen LogP contribution in [0.2, 0.25) is 0 Å². The lowest BCUT2D eigenvalue weighted by Crippen LogP contribution is -2.39. The molecule has 0 bridgehead atoms. The van der Waals surface area contributed by atoms with E-state index in [-0.39, 0.29) is 4.90 Å². The maximum atomic E-state index is 13.2. The normalized spacial score (nSPS) is 11.7. The van der Waals surface area contributed by atoms with Crippen molar-refractivity contribution in [3.05, 3.63) is 138 Å². The Morgan fingerprint density at radius 2 is 1.12 bits per heavy atom. The zero-order chi connectivity index (χ0) is 24.0. The summed E-state index contributed by atoms with van der Waals surface area (Å²) in [6.45, 7) is 1.36. The van der Waals surface area contributed by atoms with Crippen LogP contribution in [0.3, 0.4) is 0 Å². The fourth-order valence-corrected chi connectivity index (χ4v) is 4.83. The Bertz CT molecular complexity index is 1240. The van der Waals surface area contributed by atoms with Gasteiger partial charge in [0.2, 0.25) is 10.0 Å². The molecular weight excluding hydrogens is 446 g/mol. The molecule has 0 aromatic heterocycles. The number of sulfonamides is 1. The summed E-state index contributed by atoms with van der Waals surface area (Å²) < 4.78 is 34.0. The average Bonchev–Trinajstić information content (AvgIpc) is 2.88. The number of benzene rings is 4. The topological polar surface area (TPSA) is 72.5 Å². The lowest BCUT2D eigenvalue weighted by atomic mass is 9.80. The van der Waals surface area contributed by atoms with Crippen molar-refractivity contribution in [2.75, 3.05) is 6.54 Å². The van der Waals surface area contributed by atoms with Crippen LogP contribution in [0.4, 0.5) is 0 Å². The summed E-state index contributed by atoms with van der Waals surface area (Å²) in [6.07, 6.45) is 0. The Hall–Kier alpha value is -3.74. The van der Waals surface area contributed by atoms with Crippen molar-refractivity contribution in [1.82, 2.24) is 4.72 Å². The first-order valence-corrected chi connectivity index (χ1v) is 12.3. The van der Waals surface area contributed by atoms with Crippen LogP contribution in [-0.4, -0.2) is 20.9 Å². The van der Waals surface area contributed by atoms with Crippen LogP contribution in [0.5, 0.6) is 0 Å². The van der Waals surface area contributed by atoms with Crippen molar-refractivity contribution in [2.24, 2.45) is 0 Å². The number of ether oxygens (including phenoxy) is 1. The fourth-order valence-electron chi connectivity index (χ4n) is 3.86. The Balaban J connectivity index is 1.70. The zero-order valence-electron chi connectivity index (χ0n) is 18.7. The van der Waals surface area contributed by atoms with Gasteiger partial charge in [0.15, 0.2) is 5.60 Å². The first kappa shape index (κ1) is 23.4. The van der Waals surface area contributed by atoms with Crippen LogP contribution in [0, 0.1) is 6.92 Å². The number of hydrogen-bond acceptors (Lipinski definition) is 4. The second kappa shape index (κ2) is 10.0. The van der Waals surface area contributed by atoms with Gasteiger partial charge in [-0.2, -0.15) is 4.72 Å². The Morgan fingerprint density at radius 3 is 1.53 bits per heavy atom. The molecule has 0 amide bonds. The molecule has 0 spiro atoms. The highest BCUT2D eigenvalue weighted by atomic mass is 32.2. The van der Waals surface area contributed by atoms with Crippen LogP contribution in [0.15, 0.2) is 120 Å².